The summed E-state index contributed by atoms with van der Waals surface area (Å²) in [7, 11) is 0. The van der Waals surface area contributed by atoms with Crippen molar-refractivity contribution in [2.24, 2.45) is 0 Å². The summed E-state index contributed by atoms with van der Waals surface area (Å²) in [5, 5.41) is 3.63. The first-order valence-electron chi connectivity index (χ1n) is 7.70. The van der Waals surface area contributed by atoms with Crippen molar-refractivity contribution in [3.8, 4) is 0 Å². The number of nitrogens with one attached hydrogen (secondary N) is 1. The van der Waals surface area contributed by atoms with Crippen LogP contribution >= 0.6 is 0 Å². The van der Waals surface area contributed by atoms with Crippen LogP contribution in [0.4, 0.5) is 4.39 Å². The molecule has 122 valence electrons. The van der Waals surface area contributed by atoms with Gasteiger partial charge in [-0.05, 0) is 36.6 Å². The van der Waals surface area contributed by atoms with E-state index < -0.39 is 11.7 Å². The number of benzene rings is 2. The lowest BCUT2D eigenvalue weighted by Crippen LogP contribution is -2.32. The standard InChI is InChI=1S/C19H17FN2O2/c1-13-12-14-6-2-5-9-17(14)22(19(13)24)11-10-21-18(23)15-7-3-4-8-16(15)20/h2-9,12H,10-11H2,1H3,(H,21,23). The Kier molecular flexibility index (Phi) is 4.42. The fourth-order valence-corrected chi connectivity index (χ4v) is 2.72. The fraction of sp³-hybridized carbons (Fsp3) is 0.158. The molecule has 3 rings (SSSR count). The second kappa shape index (κ2) is 6.66. The van der Waals surface area contributed by atoms with Crippen molar-refractivity contribution >= 4 is 16.8 Å². The highest BCUT2D eigenvalue weighted by Crippen LogP contribution is 2.12. The van der Waals surface area contributed by atoms with E-state index in [0.717, 1.165) is 10.9 Å². The van der Waals surface area contributed by atoms with Gasteiger partial charge in [0.1, 0.15) is 5.82 Å². The van der Waals surface area contributed by atoms with Gasteiger partial charge in [-0.2, -0.15) is 0 Å². The number of hydrogen-bond donors (Lipinski definition) is 1. The first-order chi connectivity index (χ1) is 11.6. The zero-order valence-corrected chi connectivity index (χ0v) is 13.3. The molecule has 1 N–H and O–H groups in total. The maximum Gasteiger partial charge on any atom is 0.254 e. The Balaban J connectivity index is 1.79. The van der Waals surface area contributed by atoms with Gasteiger partial charge in [-0.1, -0.05) is 30.3 Å². The van der Waals surface area contributed by atoms with Crippen molar-refractivity contribution in [1.82, 2.24) is 9.88 Å². The Morgan fingerprint density at radius 2 is 1.83 bits per heavy atom. The van der Waals surface area contributed by atoms with Crippen molar-refractivity contribution in [3.05, 3.63) is 81.9 Å². The molecule has 0 atom stereocenters. The molecule has 0 bridgehead atoms. The second-order valence-corrected chi connectivity index (χ2v) is 5.58. The van der Waals surface area contributed by atoms with Crippen molar-refractivity contribution < 1.29 is 9.18 Å². The van der Waals surface area contributed by atoms with Gasteiger partial charge in [0.05, 0.1) is 11.1 Å². The minimum absolute atomic E-state index is 0.000975. The molecule has 1 amide bonds. The number of carbonyl (C=O) groups is 1. The summed E-state index contributed by atoms with van der Waals surface area (Å²) in [4.78, 5) is 24.4. The highest BCUT2D eigenvalue weighted by atomic mass is 19.1. The monoisotopic (exact) mass is 324 g/mol. The molecule has 0 radical (unpaired) electrons. The minimum Gasteiger partial charge on any atom is -0.350 e. The molecule has 0 saturated carbocycles. The van der Waals surface area contributed by atoms with Crippen molar-refractivity contribution in [2.45, 2.75) is 13.5 Å². The maximum atomic E-state index is 13.6. The van der Waals surface area contributed by atoms with Crippen LogP contribution in [-0.2, 0) is 6.54 Å². The number of amides is 1. The van der Waals surface area contributed by atoms with E-state index in [1.807, 2.05) is 30.3 Å². The smallest absolute Gasteiger partial charge is 0.254 e. The number of hydrogen-bond acceptors (Lipinski definition) is 2. The first kappa shape index (κ1) is 15.9. The maximum absolute atomic E-state index is 13.6. The lowest BCUT2D eigenvalue weighted by Gasteiger charge is -2.12. The summed E-state index contributed by atoms with van der Waals surface area (Å²) < 4.78 is 15.2. The van der Waals surface area contributed by atoms with E-state index in [1.54, 1.807) is 17.6 Å². The zero-order valence-electron chi connectivity index (χ0n) is 13.3. The molecule has 4 nitrogen and oxygen atoms in total. The van der Waals surface area contributed by atoms with E-state index in [0.29, 0.717) is 12.1 Å². The van der Waals surface area contributed by atoms with Crippen LogP contribution in [0.1, 0.15) is 15.9 Å². The Morgan fingerprint density at radius 3 is 2.62 bits per heavy atom. The van der Waals surface area contributed by atoms with Gasteiger partial charge in [0.15, 0.2) is 0 Å². The quantitative estimate of drug-likeness (QED) is 0.802. The van der Waals surface area contributed by atoms with Gasteiger partial charge in [-0.25, -0.2) is 4.39 Å². The number of nitrogens with zero attached hydrogens (tertiary/aromatic N) is 1. The average Bonchev–Trinajstić information content (AvgIpc) is 2.58. The number of para-hydroxylation sites is 1. The molecule has 1 aromatic heterocycles. The van der Waals surface area contributed by atoms with E-state index in [9.17, 15) is 14.0 Å². The fourth-order valence-electron chi connectivity index (χ4n) is 2.72. The number of pyridine rings is 1. The molecule has 0 unspecified atom stereocenters. The van der Waals surface area contributed by atoms with Crippen molar-refractivity contribution in [3.63, 3.8) is 0 Å². The molecule has 0 aliphatic rings. The lowest BCUT2D eigenvalue weighted by atomic mass is 10.1. The summed E-state index contributed by atoms with van der Waals surface area (Å²) in [6.07, 6.45) is 0. The molecule has 0 aliphatic carbocycles. The summed E-state index contributed by atoms with van der Waals surface area (Å²) >= 11 is 0. The van der Waals surface area contributed by atoms with Gasteiger partial charge in [-0.3, -0.25) is 9.59 Å². The minimum atomic E-state index is -0.562. The first-order valence-corrected chi connectivity index (χ1v) is 7.70. The number of halogens is 1. The van der Waals surface area contributed by atoms with Gasteiger partial charge in [0.2, 0.25) is 0 Å². The number of aryl methyl sites for hydroxylation is 1. The predicted octanol–water partition coefficient (Wildman–Crippen LogP) is 2.88. The highest BCUT2D eigenvalue weighted by molar-refractivity contribution is 5.94. The predicted molar refractivity (Wildman–Crippen MR) is 91.7 cm³/mol. The number of carbonyl (C=O) groups excluding carboxylic acids is 1. The van der Waals surface area contributed by atoms with Gasteiger partial charge in [-0.15, -0.1) is 0 Å². The third kappa shape index (κ3) is 3.06. The molecule has 0 saturated heterocycles. The largest absolute Gasteiger partial charge is 0.350 e. The lowest BCUT2D eigenvalue weighted by molar-refractivity contribution is 0.0948. The summed E-state index contributed by atoms with van der Waals surface area (Å²) in [5.41, 5.74) is 1.37. The second-order valence-electron chi connectivity index (χ2n) is 5.58. The van der Waals surface area contributed by atoms with Crippen LogP contribution in [0.2, 0.25) is 0 Å². The van der Waals surface area contributed by atoms with Crippen LogP contribution in [0, 0.1) is 12.7 Å². The van der Waals surface area contributed by atoms with Crippen LogP contribution in [0.25, 0.3) is 10.9 Å². The van der Waals surface area contributed by atoms with Gasteiger partial charge in [0.25, 0.3) is 11.5 Å². The molecule has 5 heteroatoms. The number of rotatable bonds is 4. The Morgan fingerprint density at radius 1 is 1.12 bits per heavy atom. The van der Waals surface area contributed by atoms with Crippen molar-refractivity contribution in [1.29, 1.82) is 0 Å². The summed E-state index contributed by atoms with van der Waals surface area (Å²) in [6, 6.07) is 15.3. The van der Waals surface area contributed by atoms with Gasteiger partial charge >= 0.3 is 0 Å². The Hall–Kier alpha value is -2.95. The van der Waals surface area contributed by atoms with E-state index in [4.69, 9.17) is 0 Å². The van der Waals surface area contributed by atoms with Crippen LogP contribution in [0.5, 0.6) is 0 Å². The van der Waals surface area contributed by atoms with E-state index in [1.165, 1.54) is 18.2 Å². The molecule has 0 spiro atoms. The van der Waals surface area contributed by atoms with Gasteiger partial charge < -0.3 is 9.88 Å². The Bertz CT molecular complexity index is 963. The van der Waals surface area contributed by atoms with Crippen LogP contribution in [0.3, 0.4) is 0 Å². The molecule has 2 aromatic carbocycles. The summed E-state index contributed by atoms with van der Waals surface area (Å²) in [5.74, 6) is -1.05. The molecular formula is C19H17FN2O2. The third-order valence-corrected chi connectivity index (χ3v) is 3.92. The third-order valence-electron chi connectivity index (χ3n) is 3.92. The topological polar surface area (TPSA) is 51.1 Å². The molecule has 1 heterocycles. The van der Waals surface area contributed by atoms with Gasteiger partial charge in [0, 0.05) is 18.7 Å². The molecule has 0 fully saturated rings. The van der Waals surface area contributed by atoms with E-state index >= 15 is 0 Å². The van der Waals surface area contributed by atoms with Crippen molar-refractivity contribution in [2.75, 3.05) is 6.54 Å². The SMILES string of the molecule is Cc1cc2ccccc2n(CCNC(=O)c2ccccc2F)c1=O. The van der Waals surface area contributed by atoms with E-state index in [-0.39, 0.29) is 17.7 Å². The van der Waals surface area contributed by atoms with E-state index in [2.05, 4.69) is 5.32 Å². The number of fused-ring (bicyclic) bond motifs is 1. The zero-order chi connectivity index (χ0) is 17.1. The van der Waals surface area contributed by atoms with Crippen LogP contribution < -0.4 is 10.9 Å². The average molecular weight is 324 g/mol. The molecular weight excluding hydrogens is 307 g/mol. The number of aromatic nitrogens is 1. The van der Waals surface area contributed by atoms with Crippen LogP contribution in [-0.4, -0.2) is 17.0 Å². The summed E-state index contributed by atoms with van der Waals surface area (Å²) in [6.45, 7) is 2.32. The molecule has 24 heavy (non-hydrogen) atoms. The normalized spacial score (nSPS) is 10.8. The molecule has 3 aromatic rings. The van der Waals surface area contributed by atoms with Crippen LogP contribution in [0.15, 0.2) is 59.4 Å². The Labute approximate surface area is 138 Å². The molecule has 0 aliphatic heterocycles. The highest BCUT2D eigenvalue weighted by Gasteiger charge is 2.11.